The maximum absolute atomic E-state index is 12.3. The van der Waals surface area contributed by atoms with E-state index in [0.717, 1.165) is 25.7 Å². The molecule has 1 aliphatic carbocycles. The van der Waals surface area contributed by atoms with Crippen molar-refractivity contribution in [3.05, 3.63) is 23.5 Å². The summed E-state index contributed by atoms with van der Waals surface area (Å²) in [6, 6.07) is 0. The fourth-order valence-electron chi connectivity index (χ4n) is 2.78. The van der Waals surface area contributed by atoms with Crippen LogP contribution in [-0.4, -0.2) is 29.0 Å². The minimum Gasteiger partial charge on any atom is -0.511 e. The smallest absolute Gasteiger partial charge is 0.344 e. The molecule has 1 spiro atoms. The number of esters is 1. The van der Waals surface area contributed by atoms with Gasteiger partial charge in [-0.2, -0.15) is 0 Å². The molecular formula is C16H23NO4. The maximum atomic E-state index is 12.3. The second-order valence-electron chi connectivity index (χ2n) is 5.41. The normalized spacial score (nSPS) is 26.8. The van der Waals surface area contributed by atoms with E-state index in [1.807, 2.05) is 26.0 Å². The van der Waals surface area contributed by atoms with Gasteiger partial charge in [-0.25, -0.2) is 4.79 Å². The second kappa shape index (κ2) is 6.78. The quantitative estimate of drug-likeness (QED) is 0.373. The van der Waals surface area contributed by atoms with Crippen LogP contribution >= 0.6 is 0 Å². The Bertz CT molecular complexity index is 493. The predicted molar refractivity (Wildman–Crippen MR) is 80.1 cm³/mol. The molecule has 1 unspecified atom stereocenters. The van der Waals surface area contributed by atoms with E-state index in [1.54, 1.807) is 0 Å². The van der Waals surface area contributed by atoms with E-state index in [0.29, 0.717) is 25.2 Å². The average Bonchev–Trinajstić information content (AvgIpc) is 2.67. The minimum absolute atomic E-state index is 0.0538. The molecule has 0 bridgehead atoms. The van der Waals surface area contributed by atoms with Crippen molar-refractivity contribution in [3.63, 3.8) is 0 Å². The number of aliphatic hydroxyl groups excluding tert-OH is 1. The molecule has 0 aromatic rings. The van der Waals surface area contributed by atoms with E-state index in [2.05, 4.69) is 5.16 Å². The number of allylic oxidation sites excluding steroid dienone is 1. The van der Waals surface area contributed by atoms with Gasteiger partial charge in [0.1, 0.15) is 23.5 Å². The van der Waals surface area contributed by atoms with E-state index in [9.17, 15) is 9.90 Å². The van der Waals surface area contributed by atoms with Crippen molar-refractivity contribution in [2.75, 3.05) is 6.61 Å². The van der Waals surface area contributed by atoms with E-state index in [-0.39, 0.29) is 11.3 Å². The maximum Gasteiger partial charge on any atom is 0.344 e. The number of oxime groups is 1. The second-order valence-corrected chi connectivity index (χ2v) is 5.41. The number of hydrogen-bond donors (Lipinski definition) is 1. The largest absolute Gasteiger partial charge is 0.511 e. The van der Waals surface area contributed by atoms with Crippen LogP contribution < -0.4 is 0 Å². The van der Waals surface area contributed by atoms with Gasteiger partial charge in [-0.1, -0.05) is 18.2 Å². The molecule has 0 saturated carbocycles. The number of carbonyl (C=O) groups is 1. The molecule has 5 heteroatoms. The lowest BCUT2D eigenvalue weighted by Crippen LogP contribution is -2.40. The molecule has 1 N–H and O–H groups in total. The highest BCUT2D eigenvalue weighted by Crippen LogP contribution is 2.36. The summed E-state index contributed by atoms with van der Waals surface area (Å²) in [5.41, 5.74) is -0.0907. The van der Waals surface area contributed by atoms with E-state index in [4.69, 9.17) is 9.57 Å². The fraction of sp³-hybridized carbons (Fsp3) is 0.625. The Kier molecular flexibility index (Phi) is 5.04. The molecule has 0 radical (unpaired) electrons. The van der Waals surface area contributed by atoms with Crippen molar-refractivity contribution < 1.29 is 19.5 Å². The molecule has 1 atom stereocenters. The van der Waals surface area contributed by atoms with Crippen molar-refractivity contribution in [2.45, 2.75) is 58.0 Å². The number of ether oxygens (including phenoxy) is 1. The predicted octanol–water partition coefficient (Wildman–Crippen LogP) is 3.42. The minimum atomic E-state index is -0.689. The van der Waals surface area contributed by atoms with Gasteiger partial charge in [0, 0.05) is 6.42 Å². The Morgan fingerprint density at radius 3 is 2.95 bits per heavy atom. The lowest BCUT2D eigenvalue weighted by molar-refractivity contribution is -0.153. The molecule has 116 valence electrons. The van der Waals surface area contributed by atoms with Gasteiger partial charge in [-0.15, -0.1) is 0 Å². The van der Waals surface area contributed by atoms with Crippen LogP contribution in [0.4, 0.5) is 0 Å². The van der Waals surface area contributed by atoms with Gasteiger partial charge in [0.2, 0.25) is 0 Å². The van der Waals surface area contributed by atoms with Crippen molar-refractivity contribution in [1.29, 1.82) is 0 Å². The molecule has 2 rings (SSSR count). The molecule has 2 aliphatic rings. The van der Waals surface area contributed by atoms with E-state index in [1.165, 1.54) is 0 Å². The number of nitrogens with zero attached hydrogens (tertiary/aromatic N) is 1. The Labute approximate surface area is 125 Å². The Hall–Kier alpha value is -1.78. The topological polar surface area (TPSA) is 68.1 Å². The van der Waals surface area contributed by atoms with Crippen LogP contribution in [0.15, 0.2) is 28.6 Å². The summed E-state index contributed by atoms with van der Waals surface area (Å²) < 4.78 is 5.66. The number of carbonyl (C=O) groups excluding carboxylic acids is 1. The Balaban J connectivity index is 2.30. The van der Waals surface area contributed by atoms with Crippen LogP contribution in [0.25, 0.3) is 0 Å². The lowest BCUT2D eigenvalue weighted by atomic mass is 9.88. The first-order chi connectivity index (χ1) is 10.1. The molecular weight excluding hydrogens is 270 g/mol. The molecule has 0 saturated heterocycles. The van der Waals surface area contributed by atoms with Crippen LogP contribution in [0.1, 0.15) is 52.4 Å². The summed E-state index contributed by atoms with van der Waals surface area (Å²) in [6.45, 7) is 4.09. The Morgan fingerprint density at radius 2 is 2.29 bits per heavy atom. The first-order valence-electron chi connectivity index (χ1n) is 7.64. The molecule has 0 aromatic carbocycles. The third-order valence-electron chi connectivity index (χ3n) is 3.82. The monoisotopic (exact) mass is 293 g/mol. The van der Waals surface area contributed by atoms with Crippen molar-refractivity contribution >= 4 is 11.7 Å². The van der Waals surface area contributed by atoms with Crippen LogP contribution in [0.2, 0.25) is 0 Å². The van der Waals surface area contributed by atoms with Gasteiger partial charge in [-0.05, 0) is 45.1 Å². The number of rotatable bonds is 4. The first-order valence-corrected chi connectivity index (χ1v) is 7.64. The van der Waals surface area contributed by atoms with Crippen LogP contribution in [-0.2, 0) is 14.4 Å². The molecule has 21 heavy (non-hydrogen) atoms. The van der Waals surface area contributed by atoms with E-state index >= 15 is 0 Å². The number of aliphatic hydroxyl groups is 1. The van der Waals surface area contributed by atoms with Crippen LogP contribution in [0.5, 0.6) is 0 Å². The molecule has 1 aliphatic heterocycles. The molecule has 1 heterocycles. The van der Waals surface area contributed by atoms with Crippen molar-refractivity contribution in [2.24, 2.45) is 5.16 Å². The summed E-state index contributed by atoms with van der Waals surface area (Å²) in [5, 5.41) is 14.3. The van der Waals surface area contributed by atoms with Crippen LogP contribution in [0.3, 0.4) is 0 Å². The summed E-state index contributed by atoms with van der Waals surface area (Å²) in [5.74, 6) is -0.455. The first kappa shape index (κ1) is 15.6. The third-order valence-corrected chi connectivity index (χ3v) is 3.82. The number of hydrogen-bond acceptors (Lipinski definition) is 5. The van der Waals surface area contributed by atoms with Gasteiger partial charge in [0.25, 0.3) is 0 Å². The summed E-state index contributed by atoms with van der Waals surface area (Å²) >= 11 is 0. The van der Waals surface area contributed by atoms with Gasteiger partial charge >= 0.3 is 5.97 Å². The van der Waals surface area contributed by atoms with Gasteiger partial charge < -0.3 is 14.7 Å². The Morgan fingerprint density at radius 1 is 1.48 bits per heavy atom. The van der Waals surface area contributed by atoms with Crippen molar-refractivity contribution in [3.8, 4) is 0 Å². The summed E-state index contributed by atoms with van der Waals surface area (Å²) in [6.07, 6.45) is 8.58. The zero-order valence-electron chi connectivity index (χ0n) is 12.7. The van der Waals surface area contributed by atoms with Crippen molar-refractivity contribution in [1.82, 2.24) is 0 Å². The van der Waals surface area contributed by atoms with Gasteiger partial charge in [0.05, 0.1) is 5.71 Å². The highest BCUT2D eigenvalue weighted by molar-refractivity contribution is 6.20. The third kappa shape index (κ3) is 3.46. The van der Waals surface area contributed by atoms with E-state index < -0.39 is 11.6 Å². The van der Waals surface area contributed by atoms with Gasteiger partial charge in [0.15, 0.2) is 0 Å². The zero-order valence-corrected chi connectivity index (χ0v) is 12.7. The molecule has 0 aromatic heterocycles. The highest BCUT2D eigenvalue weighted by Gasteiger charge is 2.41. The molecule has 0 fully saturated rings. The summed E-state index contributed by atoms with van der Waals surface area (Å²) in [7, 11) is 0. The van der Waals surface area contributed by atoms with Gasteiger partial charge in [-0.3, -0.25) is 0 Å². The standard InChI is InChI=1S/C16H23NO4/c1-3-12(17-20-4-2)14-13(18)11-16(21-15(14)19)9-7-5-6-8-10-16/h7,9,18H,3-6,8,10-11H2,1-2H3. The molecule has 5 nitrogen and oxygen atoms in total. The lowest BCUT2D eigenvalue weighted by Gasteiger charge is -2.34. The fourth-order valence-corrected chi connectivity index (χ4v) is 2.78. The van der Waals surface area contributed by atoms with Crippen LogP contribution in [0, 0.1) is 0 Å². The SMILES string of the molecule is CCON=C(CC)C1=C(O)CC2(C=CCCCC2)OC1=O. The molecule has 0 amide bonds. The highest BCUT2D eigenvalue weighted by atomic mass is 16.6. The zero-order chi connectivity index (χ0) is 15.3. The average molecular weight is 293 g/mol. The summed E-state index contributed by atoms with van der Waals surface area (Å²) in [4.78, 5) is 17.4.